The zero-order valence-corrected chi connectivity index (χ0v) is 17.6. The van der Waals surface area contributed by atoms with E-state index in [9.17, 15) is 4.79 Å². The van der Waals surface area contributed by atoms with Gasteiger partial charge in [-0.2, -0.15) is 0 Å². The zero-order chi connectivity index (χ0) is 21.2. The lowest BCUT2D eigenvalue weighted by atomic mass is 10.1. The summed E-state index contributed by atoms with van der Waals surface area (Å²) in [6.45, 7) is 4.81. The first kappa shape index (κ1) is 21.4. The first-order chi connectivity index (χ1) is 14.6. The fourth-order valence-corrected chi connectivity index (χ4v) is 3.16. The van der Waals surface area contributed by atoms with Crippen LogP contribution in [-0.2, 0) is 24.4 Å². The Hall–Kier alpha value is -3.27. The largest absolute Gasteiger partial charge is 0.485 e. The number of amides is 1. The molecule has 3 aromatic carbocycles. The van der Waals surface area contributed by atoms with Crippen LogP contribution in [0.1, 0.15) is 37.0 Å². The third kappa shape index (κ3) is 6.66. The summed E-state index contributed by atoms with van der Waals surface area (Å²) < 4.78 is 12.2. The summed E-state index contributed by atoms with van der Waals surface area (Å²) in [7, 11) is 0. The molecule has 0 spiro atoms. The highest BCUT2D eigenvalue weighted by atomic mass is 16.5. The summed E-state index contributed by atoms with van der Waals surface area (Å²) in [5, 5.41) is 3.01. The average Bonchev–Trinajstić information content (AvgIpc) is 2.78. The smallest absolute Gasteiger partial charge is 0.219 e. The molecule has 0 aliphatic heterocycles. The zero-order valence-electron chi connectivity index (χ0n) is 17.6. The van der Waals surface area contributed by atoms with Gasteiger partial charge in [0.25, 0.3) is 0 Å². The minimum absolute atomic E-state index is 0.0514. The molecule has 0 saturated heterocycles. The van der Waals surface area contributed by atoms with Crippen molar-refractivity contribution in [2.75, 3.05) is 0 Å². The summed E-state index contributed by atoms with van der Waals surface area (Å²) in [4.78, 5) is 11.7. The first-order valence-corrected chi connectivity index (χ1v) is 10.4. The van der Waals surface area contributed by atoms with Gasteiger partial charge in [-0.05, 0) is 42.2 Å². The number of hydrogen-bond acceptors (Lipinski definition) is 3. The highest BCUT2D eigenvalue weighted by Gasteiger charge is 2.11. The van der Waals surface area contributed by atoms with Gasteiger partial charge in [-0.1, -0.05) is 73.7 Å². The van der Waals surface area contributed by atoms with E-state index in [0.717, 1.165) is 23.1 Å². The molecule has 0 fully saturated rings. The third-order valence-corrected chi connectivity index (χ3v) is 4.75. The van der Waals surface area contributed by atoms with Gasteiger partial charge in [-0.3, -0.25) is 4.79 Å². The summed E-state index contributed by atoms with van der Waals surface area (Å²) >= 11 is 0. The van der Waals surface area contributed by atoms with Gasteiger partial charge in [0.05, 0.1) is 0 Å². The molecule has 4 heteroatoms. The predicted molar refractivity (Wildman–Crippen MR) is 120 cm³/mol. The predicted octanol–water partition coefficient (Wildman–Crippen LogP) is 5.30. The van der Waals surface area contributed by atoms with Crippen LogP contribution < -0.4 is 14.8 Å². The van der Waals surface area contributed by atoms with Gasteiger partial charge in [0.2, 0.25) is 5.91 Å². The van der Waals surface area contributed by atoms with Crippen molar-refractivity contribution in [3.05, 3.63) is 95.6 Å². The molecule has 1 N–H and O–H groups in total. The van der Waals surface area contributed by atoms with E-state index in [1.54, 1.807) is 0 Å². The lowest BCUT2D eigenvalue weighted by Gasteiger charge is -2.17. The van der Waals surface area contributed by atoms with Gasteiger partial charge >= 0.3 is 0 Å². The number of nitrogens with one attached hydrogen (secondary N) is 1. The van der Waals surface area contributed by atoms with Crippen LogP contribution in [0.3, 0.4) is 0 Å². The minimum Gasteiger partial charge on any atom is -0.485 e. The molecule has 0 saturated carbocycles. The second-order valence-corrected chi connectivity index (χ2v) is 7.36. The molecular weight excluding hydrogens is 374 g/mol. The quantitative estimate of drug-likeness (QED) is 0.500. The van der Waals surface area contributed by atoms with E-state index >= 15 is 0 Å². The van der Waals surface area contributed by atoms with Crippen LogP contribution in [0.4, 0.5) is 0 Å². The van der Waals surface area contributed by atoms with E-state index in [1.807, 2.05) is 92.7 Å². The van der Waals surface area contributed by atoms with Crippen LogP contribution in [0, 0.1) is 0 Å². The highest BCUT2D eigenvalue weighted by molar-refractivity contribution is 5.75. The Kier molecular flexibility index (Phi) is 7.90. The Morgan fingerprint density at radius 3 is 1.93 bits per heavy atom. The number of ether oxygens (including phenoxy) is 2. The molecule has 1 atom stereocenters. The monoisotopic (exact) mass is 403 g/mol. The third-order valence-electron chi connectivity index (χ3n) is 4.75. The maximum atomic E-state index is 11.7. The van der Waals surface area contributed by atoms with E-state index in [1.165, 1.54) is 0 Å². The molecule has 0 aliphatic rings. The van der Waals surface area contributed by atoms with Crippen molar-refractivity contribution >= 4 is 5.91 Å². The molecule has 1 unspecified atom stereocenters. The lowest BCUT2D eigenvalue weighted by Crippen LogP contribution is -2.33. The van der Waals surface area contributed by atoms with Crippen molar-refractivity contribution in [3.63, 3.8) is 0 Å². The highest BCUT2D eigenvalue weighted by Crippen LogP contribution is 2.30. The molecule has 0 aromatic heterocycles. The maximum Gasteiger partial charge on any atom is 0.219 e. The van der Waals surface area contributed by atoms with Crippen LogP contribution >= 0.6 is 0 Å². The van der Waals surface area contributed by atoms with Gasteiger partial charge in [-0.15, -0.1) is 0 Å². The van der Waals surface area contributed by atoms with Crippen molar-refractivity contribution < 1.29 is 14.3 Å². The van der Waals surface area contributed by atoms with E-state index in [2.05, 4.69) is 5.32 Å². The summed E-state index contributed by atoms with van der Waals surface area (Å²) in [6, 6.07) is 26.2. The van der Waals surface area contributed by atoms with Gasteiger partial charge in [0, 0.05) is 12.5 Å². The summed E-state index contributed by atoms with van der Waals surface area (Å²) in [6.07, 6.45) is 1.22. The number of carbonyl (C=O) groups excluding carboxylic acids is 1. The second-order valence-electron chi connectivity index (χ2n) is 7.36. The molecule has 3 rings (SSSR count). The Bertz CT molecular complexity index is 926. The van der Waals surface area contributed by atoms with Crippen LogP contribution in [0.25, 0.3) is 0 Å². The van der Waals surface area contributed by atoms with Gasteiger partial charge in [-0.25, -0.2) is 0 Å². The number of benzene rings is 3. The van der Waals surface area contributed by atoms with Crippen molar-refractivity contribution in [2.45, 2.75) is 45.9 Å². The van der Waals surface area contributed by atoms with Crippen molar-refractivity contribution in [1.82, 2.24) is 5.32 Å². The van der Waals surface area contributed by atoms with E-state index in [-0.39, 0.29) is 11.9 Å². The van der Waals surface area contributed by atoms with Gasteiger partial charge in [0.15, 0.2) is 11.5 Å². The van der Waals surface area contributed by atoms with Gasteiger partial charge in [0.1, 0.15) is 13.2 Å². The van der Waals surface area contributed by atoms with Crippen LogP contribution in [-0.4, -0.2) is 11.9 Å². The normalized spacial score (nSPS) is 11.5. The van der Waals surface area contributed by atoms with E-state index < -0.39 is 0 Å². The number of rotatable bonds is 10. The topological polar surface area (TPSA) is 47.6 Å². The fraction of sp³-hybridized carbons (Fsp3) is 0.269. The SMILES string of the molecule is CCC(=O)NC(C)Cc1ccc(OCc2ccccc2)c(OCc2ccccc2)c1. The maximum absolute atomic E-state index is 11.7. The average molecular weight is 404 g/mol. The molecule has 0 heterocycles. The molecule has 30 heavy (non-hydrogen) atoms. The van der Waals surface area contributed by atoms with Crippen molar-refractivity contribution in [3.8, 4) is 11.5 Å². The standard InChI is InChI=1S/C26H29NO3/c1-3-26(28)27-20(2)16-23-14-15-24(29-18-21-10-6-4-7-11-21)25(17-23)30-19-22-12-8-5-9-13-22/h4-15,17,20H,3,16,18-19H2,1-2H3,(H,27,28). The fourth-order valence-electron chi connectivity index (χ4n) is 3.16. The molecule has 1 amide bonds. The van der Waals surface area contributed by atoms with Crippen LogP contribution in [0.5, 0.6) is 11.5 Å². The van der Waals surface area contributed by atoms with E-state index in [4.69, 9.17) is 9.47 Å². The van der Waals surface area contributed by atoms with Crippen molar-refractivity contribution in [2.24, 2.45) is 0 Å². The molecule has 3 aromatic rings. The molecule has 0 aliphatic carbocycles. The molecule has 0 bridgehead atoms. The summed E-state index contributed by atoms with van der Waals surface area (Å²) in [5.74, 6) is 1.48. The lowest BCUT2D eigenvalue weighted by molar-refractivity contribution is -0.121. The second kappa shape index (κ2) is 11.1. The number of hydrogen-bond donors (Lipinski definition) is 1. The van der Waals surface area contributed by atoms with Crippen molar-refractivity contribution in [1.29, 1.82) is 0 Å². The van der Waals surface area contributed by atoms with Crippen LogP contribution in [0.15, 0.2) is 78.9 Å². The minimum atomic E-state index is 0.0514. The Balaban J connectivity index is 1.73. The molecular formula is C26H29NO3. The van der Waals surface area contributed by atoms with E-state index in [0.29, 0.717) is 31.1 Å². The molecule has 156 valence electrons. The summed E-state index contributed by atoms with van der Waals surface area (Å²) in [5.41, 5.74) is 3.29. The van der Waals surface area contributed by atoms with Crippen LogP contribution in [0.2, 0.25) is 0 Å². The molecule has 0 radical (unpaired) electrons. The first-order valence-electron chi connectivity index (χ1n) is 10.4. The van der Waals surface area contributed by atoms with Gasteiger partial charge < -0.3 is 14.8 Å². The molecule has 4 nitrogen and oxygen atoms in total. The number of carbonyl (C=O) groups is 1. The Morgan fingerprint density at radius 1 is 0.800 bits per heavy atom. The Labute approximate surface area is 178 Å². The Morgan fingerprint density at radius 2 is 1.37 bits per heavy atom.